The summed E-state index contributed by atoms with van der Waals surface area (Å²) >= 11 is 0. The molecule has 1 heterocycles. The van der Waals surface area contributed by atoms with E-state index in [9.17, 15) is 0 Å². The molecule has 0 aromatic rings. The van der Waals surface area contributed by atoms with Gasteiger partial charge in [-0.25, -0.2) is 0 Å². The normalized spacial score (nSPS) is 18.7. The Labute approximate surface area is 107 Å². The zero-order valence-corrected chi connectivity index (χ0v) is 11.7. The molecule has 1 aliphatic heterocycles. The van der Waals surface area contributed by atoms with E-state index >= 15 is 0 Å². The summed E-state index contributed by atoms with van der Waals surface area (Å²) < 4.78 is 5.00. The lowest BCUT2D eigenvalue weighted by atomic mass is 9.92. The highest BCUT2D eigenvalue weighted by Crippen LogP contribution is 2.21. The van der Waals surface area contributed by atoms with Crippen LogP contribution in [0, 0.1) is 5.92 Å². The Bertz CT molecular complexity index is 168. The molecule has 0 atom stereocenters. The first kappa shape index (κ1) is 14.9. The fourth-order valence-corrected chi connectivity index (χ4v) is 2.63. The maximum Gasteiger partial charge on any atom is 0.0587 e. The van der Waals surface area contributed by atoms with E-state index in [0.29, 0.717) is 0 Å². The van der Waals surface area contributed by atoms with Crippen LogP contribution >= 0.6 is 0 Å². The van der Waals surface area contributed by atoms with Gasteiger partial charge >= 0.3 is 0 Å². The number of nitrogens with one attached hydrogen (secondary N) is 1. The molecule has 0 aromatic heterocycles. The molecule has 0 bridgehead atoms. The lowest BCUT2D eigenvalue weighted by molar-refractivity contribution is 0.174. The molecule has 1 rings (SSSR count). The van der Waals surface area contributed by atoms with Crippen LogP contribution in [0.15, 0.2) is 0 Å². The summed E-state index contributed by atoms with van der Waals surface area (Å²) in [7, 11) is 1.75. The third kappa shape index (κ3) is 7.02. The first-order valence-electron chi connectivity index (χ1n) is 7.28. The maximum absolute atomic E-state index is 5.00. The summed E-state index contributed by atoms with van der Waals surface area (Å²) in [5.74, 6) is 1.01. The van der Waals surface area contributed by atoms with E-state index in [1.807, 2.05) is 0 Å². The highest BCUT2D eigenvalue weighted by molar-refractivity contribution is 4.72. The van der Waals surface area contributed by atoms with Gasteiger partial charge in [-0.15, -0.1) is 0 Å². The summed E-state index contributed by atoms with van der Waals surface area (Å²) in [6, 6.07) is 0. The zero-order valence-electron chi connectivity index (χ0n) is 11.7. The van der Waals surface area contributed by atoms with Gasteiger partial charge in [0.1, 0.15) is 0 Å². The van der Waals surface area contributed by atoms with Crippen molar-refractivity contribution >= 4 is 0 Å². The molecule has 0 unspecified atom stereocenters. The van der Waals surface area contributed by atoms with Crippen LogP contribution in [-0.2, 0) is 4.74 Å². The largest absolute Gasteiger partial charge is 0.383 e. The Morgan fingerprint density at radius 1 is 1.24 bits per heavy atom. The van der Waals surface area contributed by atoms with Gasteiger partial charge in [0, 0.05) is 13.7 Å². The maximum atomic E-state index is 5.00. The van der Waals surface area contributed by atoms with Crippen molar-refractivity contribution in [2.24, 2.45) is 5.92 Å². The highest BCUT2D eigenvalue weighted by atomic mass is 16.5. The molecule has 1 saturated heterocycles. The summed E-state index contributed by atoms with van der Waals surface area (Å²) in [6.45, 7) is 9.14. The minimum absolute atomic E-state index is 0.822. The van der Waals surface area contributed by atoms with E-state index in [2.05, 4.69) is 17.1 Å². The van der Waals surface area contributed by atoms with Crippen molar-refractivity contribution < 1.29 is 4.74 Å². The van der Waals surface area contributed by atoms with Gasteiger partial charge in [-0.05, 0) is 51.4 Å². The average molecular weight is 242 g/mol. The van der Waals surface area contributed by atoms with Crippen LogP contribution in [0.2, 0.25) is 0 Å². The van der Waals surface area contributed by atoms with Crippen LogP contribution < -0.4 is 5.32 Å². The van der Waals surface area contributed by atoms with Crippen molar-refractivity contribution in [3.63, 3.8) is 0 Å². The van der Waals surface area contributed by atoms with E-state index in [0.717, 1.165) is 25.6 Å². The number of methoxy groups -OCH3 is 1. The molecule has 3 heteroatoms. The van der Waals surface area contributed by atoms with Crippen LogP contribution in [0.25, 0.3) is 0 Å². The standard InChI is InChI=1S/C14H30N2O/c1-3-5-14-6-11-16(12-7-14)10-4-8-15-9-13-17-2/h14-15H,3-13H2,1-2H3. The van der Waals surface area contributed by atoms with Crippen LogP contribution in [0.5, 0.6) is 0 Å². The van der Waals surface area contributed by atoms with Gasteiger partial charge < -0.3 is 15.0 Å². The quantitative estimate of drug-likeness (QED) is 0.627. The first-order valence-corrected chi connectivity index (χ1v) is 7.28. The van der Waals surface area contributed by atoms with Crippen molar-refractivity contribution in [2.75, 3.05) is 46.4 Å². The zero-order chi connectivity index (χ0) is 12.3. The van der Waals surface area contributed by atoms with Crippen LogP contribution in [0.1, 0.15) is 39.0 Å². The Hall–Kier alpha value is -0.120. The highest BCUT2D eigenvalue weighted by Gasteiger charge is 2.17. The van der Waals surface area contributed by atoms with E-state index in [-0.39, 0.29) is 0 Å². The van der Waals surface area contributed by atoms with Gasteiger partial charge in [-0.3, -0.25) is 0 Å². The average Bonchev–Trinajstić information content (AvgIpc) is 2.36. The van der Waals surface area contributed by atoms with E-state index in [1.165, 1.54) is 51.7 Å². The van der Waals surface area contributed by atoms with Crippen molar-refractivity contribution in [1.29, 1.82) is 0 Å². The van der Waals surface area contributed by atoms with Crippen molar-refractivity contribution in [2.45, 2.75) is 39.0 Å². The Balaban J connectivity index is 1.91. The Kier molecular flexibility index (Phi) is 8.67. The second kappa shape index (κ2) is 9.86. The van der Waals surface area contributed by atoms with Gasteiger partial charge in [-0.1, -0.05) is 19.8 Å². The summed E-state index contributed by atoms with van der Waals surface area (Å²) in [5.41, 5.74) is 0. The summed E-state index contributed by atoms with van der Waals surface area (Å²) in [4.78, 5) is 2.63. The lowest BCUT2D eigenvalue weighted by Crippen LogP contribution is -2.35. The number of ether oxygens (including phenoxy) is 1. The third-order valence-corrected chi connectivity index (χ3v) is 3.71. The van der Waals surface area contributed by atoms with E-state index in [4.69, 9.17) is 4.74 Å². The van der Waals surface area contributed by atoms with Gasteiger partial charge in [0.15, 0.2) is 0 Å². The molecule has 17 heavy (non-hydrogen) atoms. The molecule has 3 nitrogen and oxygen atoms in total. The predicted octanol–water partition coefficient (Wildman–Crippen LogP) is 2.12. The van der Waals surface area contributed by atoms with Crippen molar-refractivity contribution in [3.8, 4) is 0 Å². The minimum atomic E-state index is 0.822. The number of hydrogen-bond acceptors (Lipinski definition) is 3. The van der Waals surface area contributed by atoms with Crippen molar-refractivity contribution in [1.82, 2.24) is 10.2 Å². The van der Waals surface area contributed by atoms with Crippen LogP contribution in [-0.4, -0.2) is 51.3 Å². The molecule has 0 aromatic carbocycles. The lowest BCUT2D eigenvalue weighted by Gasteiger charge is -2.31. The Morgan fingerprint density at radius 3 is 2.65 bits per heavy atom. The number of nitrogens with zero attached hydrogens (tertiary/aromatic N) is 1. The summed E-state index contributed by atoms with van der Waals surface area (Å²) in [6.07, 6.45) is 6.90. The number of rotatable bonds is 9. The van der Waals surface area contributed by atoms with E-state index in [1.54, 1.807) is 7.11 Å². The molecule has 0 radical (unpaired) electrons. The summed E-state index contributed by atoms with van der Waals surface area (Å²) in [5, 5.41) is 3.40. The smallest absolute Gasteiger partial charge is 0.0587 e. The topological polar surface area (TPSA) is 24.5 Å². The number of piperidine rings is 1. The van der Waals surface area contributed by atoms with E-state index < -0.39 is 0 Å². The number of likely N-dealkylation sites (tertiary alicyclic amines) is 1. The Morgan fingerprint density at radius 2 is 2.00 bits per heavy atom. The fourth-order valence-electron chi connectivity index (χ4n) is 2.63. The molecule has 0 spiro atoms. The van der Waals surface area contributed by atoms with Gasteiger partial charge in [0.2, 0.25) is 0 Å². The van der Waals surface area contributed by atoms with Crippen LogP contribution in [0.4, 0.5) is 0 Å². The fraction of sp³-hybridized carbons (Fsp3) is 1.00. The molecule has 0 amide bonds. The van der Waals surface area contributed by atoms with Gasteiger partial charge in [0.05, 0.1) is 6.61 Å². The monoisotopic (exact) mass is 242 g/mol. The van der Waals surface area contributed by atoms with Crippen molar-refractivity contribution in [3.05, 3.63) is 0 Å². The number of hydrogen-bond donors (Lipinski definition) is 1. The molecule has 1 N–H and O–H groups in total. The third-order valence-electron chi connectivity index (χ3n) is 3.71. The van der Waals surface area contributed by atoms with Gasteiger partial charge in [0.25, 0.3) is 0 Å². The van der Waals surface area contributed by atoms with Crippen LogP contribution in [0.3, 0.4) is 0 Å². The van der Waals surface area contributed by atoms with Gasteiger partial charge in [-0.2, -0.15) is 0 Å². The molecule has 0 saturated carbocycles. The molecule has 1 aliphatic rings. The predicted molar refractivity (Wildman–Crippen MR) is 73.4 cm³/mol. The molecule has 0 aliphatic carbocycles. The second-order valence-corrected chi connectivity index (χ2v) is 5.17. The molecule has 102 valence electrons. The first-order chi connectivity index (χ1) is 8.36. The molecular formula is C14H30N2O. The molecule has 1 fully saturated rings. The SMILES string of the molecule is CCCC1CCN(CCCNCCOC)CC1. The molecular weight excluding hydrogens is 212 g/mol. The second-order valence-electron chi connectivity index (χ2n) is 5.17. The minimum Gasteiger partial charge on any atom is -0.383 e.